The fourth-order valence-electron chi connectivity index (χ4n) is 5.44. The molecule has 3 N–H and O–H groups in total. The van der Waals surface area contributed by atoms with Crippen LogP contribution in [0.1, 0.15) is 32.6 Å². The first-order chi connectivity index (χ1) is 10.0. The Bertz CT molecular complexity index is 547. The van der Waals surface area contributed by atoms with Crippen molar-refractivity contribution in [3.05, 3.63) is 35.6 Å². The second-order valence-electron chi connectivity index (χ2n) is 7.54. The highest BCUT2D eigenvalue weighted by Crippen LogP contribution is 2.60. The van der Waals surface area contributed by atoms with Gasteiger partial charge >= 0.3 is 0 Å². The van der Waals surface area contributed by atoms with E-state index in [1.54, 1.807) is 6.08 Å². The molecule has 4 rings (SSSR count). The summed E-state index contributed by atoms with van der Waals surface area (Å²) in [7, 11) is 0. The summed E-state index contributed by atoms with van der Waals surface area (Å²) in [4.78, 5) is 0. The summed E-state index contributed by atoms with van der Waals surface area (Å²) in [5, 5.41) is 30.3. The highest BCUT2D eigenvalue weighted by Gasteiger charge is 2.55. The standard InChI is InChI=1S/C18H24O3/c1-18-9-8-11-10-4-6-15(19)17(21)13(10)3-2-12(11)14(18)5-7-16(18)20/h2-4,6,10-12,14-16,19-21H,5,7-9H2,1H3/t10-,11-,12-,14+,15?,16?,18+/m1/s1. The average Bonchev–Trinajstić information content (AvgIpc) is 2.78. The summed E-state index contributed by atoms with van der Waals surface area (Å²) in [6.07, 6.45) is 11.2. The van der Waals surface area contributed by atoms with Crippen molar-refractivity contribution in [3.63, 3.8) is 0 Å². The smallest absolute Gasteiger partial charge is 0.129 e. The molecule has 0 aromatic carbocycles. The van der Waals surface area contributed by atoms with Gasteiger partial charge in [-0.1, -0.05) is 31.2 Å². The Morgan fingerprint density at radius 2 is 1.90 bits per heavy atom. The van der Waals surface area contributed by atoms with Gasteiger partial charge in [0, 0.05) is 5.92 Å². The normalized spacial score (nSPS) is 51.6. The summed E-state index contributed by atoms with van der Waals surface area (Å²) in [5.41, 5.74) is 0.959. The lowest BCUT2D eigenvalue weighted by atomic mass is 9.54. The lowest BCUT2D eigenvalue weighted by Gasteiger charge is -2.50. The van der Waals surface area contributed by atoms with Crippen molar-refractivity contribution in [2.24, 2.45) is 29.1 Å². The minimum absolute atomic E-state index is 0.0622. The average molecular weight is 288 g/mol. The van der Waals surface area contributed by atoms with E-state index in [4.69, 9.17) is 0 Å². The van der Waals surface area contributed by atoms with Gasteiger partial charge < -0.3 is 15.3 Å². The Hall–Kier alpha value is -1.06. The molecule has 3 heteroatoms. The molecule has 2 fully saturated rings. The van der Waals surface area contributed by atoms with E-state index in [-0.39, 0.29) is 23.2 Å². The molecule has 0 aromatic heterocycles. The molecule has 0 saturated heterocycles. The van der Waals surface area contributed by atoms with Gasteiger partial charge in [-0.2, -0.15) is 0 Å². The second kappa shape index (κ2) is 4.47. The molecular weight excluding hydrogens is 264 g/mol. The SMILES string of the molecule is C[C@]12CC[C@H]3[C@@H](C=CC4=C(O)C(O)C=C[C@@H]43)[C@@H]1CCC2O. The Morgan fingerprint density at radius 1 is 1.10 bits per heavy atom. The van der Waals surface area contributed by atoms with Crippen LogP contribution in [0.4, 0.5) is 0 Å². The molecule has 0 bridgehead atoms. The van der Waals surface area contributed by atoms with Crippen molar-refractivity contribution >= 4 is 0 Å². The molecular formula is C18H24O3. The van der Waals surface area contributed by atoms with E-state index in [1.807, 2.05) is 6.08 Å². The number of fused-ring (bicyclic) bond motifs is 5. The maximum absolute atomic E-state index is 10.4. The van der Waals surface area contributed by atoms with Gasteiger partial charge in [-0.15, -0.1) is 0 Å². The number of aliphatic hydroxyl groups excluding tert-OH is 3. The Kier molecular flexibility index (Phi) is 2.89. The number of hydrogen-bond donors (Lipinski definition) is 3. The largest absolute Gasteiger partial charge is 0.509 e. The van der Waals surface area contributed by atoms with Gasteiger partial charge in [-0.3, -0.25) is 0 Å². The monoisotopic (exact) mass is 288 g/mol. The molecule has 4 aliphatic rings. The van der Waals surface area contributed by atoms with E-state index < -0.39 is 6.10 Å². The molecule has 0 aromatic rings. The quantitative estimate of drug-likeness (QED) is 0.601. The Balaban J connectivity index is 1.72. The number of hydrogen-bond acceptors (Lipinski definition) is 3. The van der Waals surface area contributed by atoms with Crippen molar-refractivity contribution in [3.8, 4) is 0 Å². The van der Waals surface area contributed by atoms with Crippen LogP contribution in [0.25, 0.3) is 0 Å². The lowest BCUT2D eigenvalue weighted by Crippen LogP contribution is -2.46. The second-order valence-corrected chi connectivity index (χ2v) is 7.54. The molecule has 0 amide bonds. The zero-order valence-corrected chi connectivity index (χ0v) is 12.4. The molecule has 4 aliphatic carbocycles. The van der Waals surface area contributed by atoms with Crippen molar-refractivity contribution in [2.75, 3.05) is 0 Å². The third-order valence-corrected chi connectivity index (χ3v) is 6.73. The number of allylic oxidation sites excluding steroid dienone is 4. The maximum Gasteiger partial charge on any atom is 0.129 e. The van der Waals surface area contributed by atoms with Crippen LogP contribution in [-0.4, -0.2) is 27.5 Å². The van der Waals surface area contributed by atoms with Crippen molar-refractivity contribution in [1.29, 1.82) is 0 Å². The minimum Gasteiger partial charge on any atom is -0.509 e. The van der Waals surface area contributed by atoms with Crippen molar-refractivity contribution in [1.82, 2.24) is 0 Å². The first-order valence-electron chi connectivity index (χ1n) is 8.18. The van der Waals surface area contributed by atoms with Gasteiger partial charge in [-0.05, 0) is 54.4 Å². The van der Waals surface area contributed by atoms with E-state index in [0.29, 0.717) is 17.8 Å². The molecule has 0 spiro atoms. The van der Waals surface area contributed by atoms with E-state index in [9.17, 15) is 15.3 Å². The zero-order chi connectivity index (χ0) is 14.8. The van der Waals surface area contributed by atoms with Crippen LogP contribution in [0.5, 0.6) is 0 Å². The van der Waals surface area contributed by atoms with Gasteiger partial charge in [0.05, 0.1) is 6.10 Å². The van der Waals surface area contributed by atoms with E-state index in [2.05, 4.69) is 19.1 Å². The van der Waals surface area contributed by atoms with Crippen LogP contribution in [0, 0.1) is 29.1 Å². The van der Waals surface area contributed by atoms with Gasteiger partial charge in [0.1, 0.15) is 11.9 Å². The Labute approximate surface area is 125 Å². The van der Waals surface area contributed by atoms with Crippen LogP contribution in [-0.2, 0) is 0 Å². The third-order valence-electron chi connectivity index (χ3n) is 6.73. The van der Waals surface area contributed by atoms with Crippen LogP contribution in [0.3, 0.4) is 0 Å². The molecule has 21 heavy (non-hydrogen) atoms. The molecule has 0 aliphatic heterocycles. The highest BCUT2D eigenvalue weighted by atomic mass is 16.3. The van der Waals surface area contributed by atoms with Crippen LogP contribution in [0.15, 0.2) is 35.6 Å². The Morgan fingerprint density at radius 3 is 2.71 bits per heavy atom. The lowest BCUT2D eigenvalue weighted by molar-refractivity contribution is -0.0272. The molecule has 0 heterocycles. The van der Waals surface area contributed by atoms with Crippen LogP contribution in [0.2, 0.25) is 0 Å². The summed E-state index contributed by atoms with van der Waals surface area (Å²) in [6, 6.07) is 0. The number of aliphatic hydroxyl groups is 3. The topological polar surface area (TPSA) is 60.7 Å². The van der Waals surface area contributed by atoms with Gasteiger partial charge in [0.2, 0.25) is 0 Å². The summed E-state index contributed by atoms with van der Waals surface area (Å²) >= 11 is 0. The van der Waals surface area contributed by atoms with Crippen molar-refractivity contribution < 1.29 is 15.3 Å². The summed E-state index contributed by atoms with van der Waals surface area (Å²) < 4.78 is 0. The van der Waals surface area contributed by atoms with E-state index >= 15 is 0 Å². The van der Waals surface area contributed by atoms with Crippen molar-refractivity contribution in [2.45, 2.75) is 44.8 Å². The predicted molar refractivity (Wildman–Crippen MR) is 80.5 cm³/mol. The first kappa shape index (κ1) is 13.6. The minimum atomic E-state index is -0.848. The molecule has 7 atom stereocenters. The molecule has 2 unspecified atom stereocenters. The van der Waals surface area contributed by atoms with Gasteiger partial charge in [0.15, 0.2) is 0 Å². The summed E-state index contributed by atoms with van der Waals surface area (Å²) in [5.74, 6) is 1.88. The third kappa shape index (κ3) is 1.74. The first-order valence-corrected chi connectivity index (χ1v) is 8.18. The fraction of sp³-hybridized carbons (Fsp3) is 0.667. The molecule has 0 radical (unpaired) electrons. The highest BCUT2D eigenvalue weighted by molar-refractivity contribution is 5.39. The number of rotatable bonds is 0. The molecule has 114 valence electrons. The van der Waals surface area contributed by atoms with Gasteiger partial charge in [0.25, 0.3) is 0 Å². The van der Waals surface area contributed by atoms with Crippen LogP contribution < -0.4 is 0 Å². The van der Waals surface area contributed by atoms with Gasteiger partial charge in [-0.25, -0.2) is 0 Å². The predicted octanol–water partition coefficient (Wildman–Crippen LogP) is 2.72. The van der Waals surface area contributed by atoms with E-state index in [1.165, 1.54) is 0 Å². The maximum atomic E-state index is 10.4. The molecule has 2 saturated carbocycles. The summed E-state index contributed by atoms with van der Waals surface area (Å²) in [6.45, 7) is 2.25. The zero-order valence-electron chi connectivity index (χ0n) is 12.4. The van der Waals surface area contributed by atoms with Crippen LogP contribution >= 0.6 is 0 Å². The van der Waals surface area contributed by atoms with E-state index in [0.717, 1.165) is 31.3 Å². The molecule has 3 nitrogen and oxygen atoms in total. The fourth-order valence-corrected chi connectivity index (χ4v) is 5.44.